The highest BCUT2D eigenvalue weighted by atomic mass is 16.3. The number of anilines is 1. The fourth-order valence-corrected chi connectivity index (χ4v) is 2.83. The minimum atomic E-state index is -0.168. The molecule has 1 heterocycles. The van der Waals surface area contributed by atoms with E-state index in [2.05, 4.69) is 43.1 Å². The molecular formula is C18H28N2O2. The smallest absolute Gasteiger partial charge is 0.241 e. The van der Waals surface area contributed by atoms with Crippen LogP contribution >= 0.6 is 0 Å². The van der Waals surface area contributed by atoms with Crippen molar-refractivity contribution in [2.24, 2.45) is 5.92 Å². The summed E-state index contributed by atoms with van der Waals surface area (Å²) in [5.74, 6) is 0.323. The number of hydrogen-bond donors (Lipinski definition) is 2. The minimum absolute atomic E-state index is 0.0158. The zero-order valence-corrected chi connectivity index (χ0v) is 14.1. The van der Waals surface area contributed by atoms with Gasteiger partial charge in [0, 0.05) is 18.8 Å². The lowest BCUT2D eigenvalue weighted by molar-refractivity contribution is -0.120. The van der Waals surface area contributed by atoms with Crippen molar-refractivity contribution in [1.29, 1.82) is 0 Å². The molecular weight excluding hydrogens is 276 g/mol. The summed E-state index contributed by atoms with van der Waals surface area (Å²) < 4.78 is 0. The van der Waals surface area contributed by atoms with E-state index in [-0.39, 0.29) is 24.0 Å². The Hall–Kier alpha value is -1.39. The molecule has 22 heavy (non-hydrogen) atoms. The molecule has 1 amide bonds. The van der Waals surface area contributed by atoms with Crippen LogP contribution in [0.1, 0.15) is 39.7 Å². The van der Waals surface area contributed by atoms with Gasteiger partial charge in [-0.2, -0.15) is 0 Å². The van der Waals surface area contributed by atoms with Crippen LogP contribution in [0, 0.1) is 5.92 Å². The van der Waals surface area contributed by atoms with Crippen molar-refractivity contribution < 1.29 is 9.90 Å². The lowest BCUT2D eigenvalue weighted by atomic mass is 9.87. The molecule has 2 unspecified atom stereocenters. The molecule has 0 spiro atoms. The third-order valence-electron chi connectivity index (χ3n) is 4.52. The highest BCUT2D eigenvalue weighted by Crippen LogP contribution is 2.24. The van der Waals surface area contributed by atoms with Crippen LogP contribution in [0.3, 0.4) is 0 Å². The highest BCUT2D eigenvalue weighted by molar-refractivity contribution is 5.94. The lowest BCUT2D eigenvalue weighted by Crippen LogP contribution is -2.40. The Bertz CT molecular complexity index is 505. The average molecular weight is 304 g/mol. The number of aliphatic hydroxyl groups excluding tert-OH is 1. The maximum absolute atomic E-state index is 12.4. The molecule has 122 valence electrons. The van der Waals surface area contributed by atoms with E-state index in [1.165, 1.54) is 5.56 Å². The first-order chi connectivity index (χ1) is 10.3. The zero-order chi connectivity index (χ0) is 16.3. The highest BCUT2D eigenvalue weighted by Gasteiger charge is 2.29. The first-order valence-electron chi connectivity index (χ1n) is 8.07. The number of aliphatic hydroxyl groups is 1. The Morgan fingerprint density at radius 3 is 2.50 bits per heavy atom. The van der Waals surface area contributed by atoms with Gasteiger partial charge < -0.3 is 10.4 Å². The number of nitrogens with zero attached hydrogens (tertiary/aromatic N) is 1. The predicted octanol–water partition coefficient (Wildman–Crippen LogP) is 2.63. The van der Waals surface area contributed by atoms with Gasteiger partial charge in [0.25, 0.3) is 0 Å². The number of carbonyl (C=O) groups excluding carboxylic acids is 1. The lowest BCUT2D eigenvalue weighted by Gasteiger charge is -2.24. The second-order valence-electron chi connectivity index (χ2n) is 7.32. The normalized spacial score (nSPS) is 20.9. The van der Waals surface area contributed by atoms with E-state index in [4.69, 9.17) is 0 Å². The van der Waals surface area contributed by atoms with Crippen LogP contribution < -0.4 is 5.32 Å². The van der Waals surface area contributed by atoms with E-state index >= 15 is 0 Å². The van der Waals surface area contributed by atoms with Crippen molar-refractivity contribution in [1.82, 2.24) is 4.90 Å². The van der Waals surface area contributed by atoms with Crippen LogP contribution in [0.25, 0.3) is 0 Å². The molecule has 4 nitrogen and oxygen atoms in total. The van der Waals surface area contributed by atoms with Crippen LogP contribution in [0.4, 0.5) is 5.69 Å². The van der Waals surface area contributed by atoms with Crippen molar-refractivity contribution in [3.63, 3.8) is 0 Å². The summed E-state index contributed by atoms with van der Waals surface area (Å²) in [7, 11) is 0. The van der Waals surface area contributed by atoms with Crippen LogP contribution in [0.15, 0.2) is 24.3 Å². The molecule has 2 N–H and O–H groups in total. The Kier molecular flexibility index (Phi) is 5.24. The largest absolute Gasteiger partial charge is 0.396 e. The Balaban J connectivity index is 1.94. The molecule has 0 saturated carbocycles. The summed E-state index contributed by atoms with van der Waals surface area (Å²) in [6, 6.07) is 7.90. The monoisotopic (exact) mass is 304 g/mol. The number of carbonyl (C=O) groups is 1. The SMILES string of the molecule is CC(C(=O)Nc1ccc(C(C)(C)C)cc1)N1CCC(CO)C1. The van der Waals surface area contributed by atoms with Crippen molar-refractivity contribution >= 4 is 11.6 Å². The maximum Gasteiger partial charge on any atom is 0.241 e. The number of hydrogen-bond acceptors (Lipinski definition) is 3. The molecule has 0 aliphatic carbocycles. The fraction of sp³-hybridized carbons (Fsp3) is 0.611. The van der Waals surface area contributed by atoms with Crippen molar-refractivity contribution in [2.75, 3.05) is 25.0 Å². The molecule has 4 heteroatoms. The zero-order valence-electron chi connectivity index (χ0n) is 14.1. The summed E-state index contributed by atoms with van der Waals surface area (Å²) >= 11 is 0. The Morgan fingerprint density at radius 1 is 1.36 bits per heavy atom. The molecule has 2 atom stereocenters. The number of nitrogens with one attached hydrogen (secondary N) is 1. The van der Waals surface area contributed by atoms with Crippen molar-refractivity contribution in [3.8, 4) is 0 Å². The van der Waals surface area contributed by atoms with Gasteiger partial charge in [0.1, 0.15) is 0 Å². The molecule has 2 rings (SSSR count). The van der Waals surface area contributed by atoms with Crippen molar-refractivity contribution in [2.45, 2.75) is 45.6 Å². The molecule has 1 aromatic rings. The first-order valence-corrected chi connectivity index (χ1v) is 8.07. The van der Waals surface area contributed by atoms with Gasteiger partial charge in [0.05, 0.1) is 6.04 Å². The van der Waals surface area contributed by atoms with Gasteiger partial charge in [0.15, 0.2) is 0 Å². The van der Waals surface area contributed by atoms with Gasteiger partial charge in [0.2, 0.25) is 5.91 Å². The van der Waals surface area contributed by atoms with Crippen LogP contribution in [-0.4, -0.2) is 41.7 Å². The van der Waals surface area contributed by atoms with E-state index < -0.39 is 0 Å². The summed E-state index contributed by atoms with van der Waals surface area (Å²) in [5.41, 5.74) is 2.21. The van der Waals surface area contributed by atoms with E-state index in [1.54, 1.807) is 0 Å². The third kappa shape index (κ3) is 4.08. The van der Waals surface area contributed by atoms with Crippen molar-refractivity contribution in [3.05, 3.63) is 29.8 Å². The second-order valence-corrected chi connectivity index (χ2v) is 7.32. The standard InChI is InChI=1S/C18H28N2O2/c1-13(20-10-9-14(11-20)12-21)17(22)19-16-7-5-15(6-8-16)18(2,3)4/h5-8,13-14,21H,9-12H2,1-4H3,(H,19,22). The molecule has 1 aliphatic rings. The van der Waals surface area contributed by atoms with Gasteiger partial charge >= 0.3 is 0 Å². The molecule has 1 saturated heterocycles. The summed E-state index contributed by atoms with van der Waals surface area (Å²) in [6.45, 7) is 10.3. The van der Waals surface area contributed by atoms with E-state index in [9.17, 15) is 9.90 Å². The third-order valence-corrected chi connectivity index (χ3v) is 4.52. The summed E-state index contributed by atoms with van der Waals surface area (Å²) in [5, 5.41) is 12.2. The fourth-order valence-electron chi connectivity index (χ4n) is 2.83. The molecule has 1 aliphatic heterocycles. The van der Waals surface area contributed by atoms with E-state index in [0.29, 0.717) is 5.92 Å². The van der Waals surface area contributed by atoms with Gasteiger partial charge in [-0.3, -0.25) is 9.69 Å². The van der Waals surface area contributed by atoms with E-state index in [1.807, 2.05) is 19.1 Å². The quantitative estimate of drug-likeness (QED) is 0.899. The minimum Gasteiger partial charge on any atom is -0.396 e. The Morgan fingerprint density at radius 2 is 2.00 bits per heavy atom. The van der Waals surface area contributed by atoms with Gasteiger partial charge in [-0.15, -0.1) is 0 Å². The predicted molar refractivity (Wildman–Crippen MR) is 90.0 cm³/mol. The summed E-state index contributed by atoms with van der Waals surface area (Å²) in [6.07, 6.45) is 0.967. The van der Waals surface area contributed by atoms with Gasteiger partial charge in [-0.25, -0.2) is 0 Å². The molecule has 0 radical (unpaired) electrons. The molecule has 1 aromatic carbocycles. The number of benzene rings is 1. The summed E-state index contributed by atoms with van der Waals surface area (Å²) in [4.78, 5) is 14.5. The number of amides is 1. The molecule has 0 bridgehead atoms. The molecule has 0 aromatic heterocycles. The maximum atomic E-state index is 12.4. The molecule has 1 fully saturated rings. The van der Waals surface area contributed by atoms with E-state index in [0.717, 1.165) is 25.2 Å². The second kappa shape index (κ2) is 6.80. The Labute approximate surface area is 133 Å². The van der Waals surface area contributed by atoms with Gasteiger partial charge in [-0.05, 0) is 48.9 Å². The average Bonchev–Trinajstić information content (AvgIpc) is 2.95. The first kappa shape index (κ1) is 17.0. The van der Waals surface area contributed by atoms with Crippen LogP contribution in [0.5, 0.6) is 0 Å². The number of likely N-dealkylation sites (tertiary alicyclic amines) is 1. The number of rotatable bonds is 4. The van der Waals surface area contributed by atoms with Gasteiger partial charge in [-0.1, -0.05) is 32.9 Å². The van der Waals surface area contributed by atoms with Crippen LogP contribution in [0.2, 0.25) is 0 Å². The topological polar surface area (TPSA) is 52.6 Å². The van der Waals surface area contributed by atoms with Crippen LogP contribution in [-0.2, 0) is 10.2 Å².